The van der Waals surface area contributed by atoms with E-state index in [0.717, 1.165) is 33.3 Å². The first-order valence-electron chi connectivity index (χ1n) is 7.91. The number of para-hydroxylation sites is 1. The lowest BCUT2D eigenvalue weighted by Gasteiger charge is -2.20. The number of benzene rings is 2. The fraction of sp³-hybridized carbons (Fsp3) is 0.100. The number of hydrogen-bond donors (Lipinski definition) is 0. The Hall–Kier alpha value is -3.34. The molecule has 0 saturated heterocycles. The maximum Gasteiger partial charge on any atom is 0.363 e. The highest BCUT2D eigenvalue weighted by Gasteiger charge is 2.21. The van der Waals surface area contributed by atoms with Gasteiger partial charge in [-0.3, -0.25) is 0 Å². The summed E-state index contributed by atoms with van der Waals surface area (Å²) in [6, 6.07) is 15.0. The topological polar surface area (TPSA) is 61.6 Å². The first kappa shape index (κ1) is 14.0. The fourth-order valence-corrected chi connectivity index (χ4v) is 3.29. The number of nitrogens with zero attached hydrogens (tertiary/aromatic N) is 1. The quantitative estimate of drug-likeness (QED) is 0.391. The molecular formula is C20H13NO4. The van der Waals surface area contributed by atoms with Crippen molar-refractivity contribution in [1.29, 1.82) is 0 Å². The summed E-state index contributed by atoms with van der Waals surface area (Å²) >= 11 is 0. The molecule has 5 nitrogen and oxygen atoms in total. The van der Waals surface area contributed by atoms with E-state index in [4.69, 9.17) is 13.9 Å². The van der Waals surface area contributed by atoms with Crippen molar-refractivity contribution >= 4 is 21.9 Å². The zero-order valence-corrected chi connectivity index (χ0v) is 13.4. The highest BCUT2D eigenvalue weighted by molar-refractivity contribution is 6.04. The van der Waals surface area contributed by atoms with Crippen LogP contribution in [-0.2, 0) is 6.61 Å². The SMILES string of the molecule is COc1ccc2oc(=O)c3nc4c(cc3c2c1)COc1ccccc1-4. The molecule has 0 spiro atoms. The van der Waals surface area contributed by atoms with Crippen LogP contribution < -0.4 is 15.1 Å². The molecule has 122 valence electrons. The summed E-state index contributed by atoms with van der Waals surface area (Å²) in [5.74, 6) is 1.47. The minimum atomic E-state index is -0.445. The van der Waals surface area contributed by atoms with Gasteiger partial charge < -0.3 is 13.9 Å². The molecule has 0 saturated carbocycles. The molecule has 0 unspecified atom stereocenters. The standard InChI is InChI=1S/C20H13NO4/c1-23-12-6-7-17-14(9-12)15-8-11-10-24-16-5-3-2-4-13(16)18(11)21-19(15)20(22)25-17/h2-9H,10H2,1H3. The van der Waals surface area contributed by atoms with Gasteiger partial charge in [-0.2, -0.15) is 0 Å². The molecule has 2 aromatic heterocycles. The maximum atomic E-state index is 12.5. The van der Waals surface area contributed by atoms with Gasteiger partial charge in [-0.15, -0.1) is 0 Å². The molecule has 0 amide bonds. The Morgan fingerprint density at radius 3 is 2.84 bits per heavy atom. The number of pyridine rings is 1. The summed E-state index contributed by atoms with van der Waals surface area (Å²) in [6.07, 6.45) is 0. The van der Waals surface area contributed by atoms with Crippen molar-refractivity contribution in [2.45, 2.75) is 6.61 Å². The van der Waals surface area contributed by atoms with E-state index in [1.54, 1.807) is 19.2 Å². The summed E-state index contributed by atoms with van der Waals surface area (Å²) in [5, 5.41) is 1.54. The largest absolute Gasteiger partial charge is 0.497 e. The number of methoxy groups -OCH3 is 1. The van der Waals surface area contributed by atoms with Gasteiger partial charge in [0.15, 0.2) is 5.52 Å². The first-order chi connectivity index (χ1) is 12.2. The Labute approximate surface area is 142 Å². The van der Waals surface area contributed by atoms with Crippen LogP contribution in [0.5, 0.6) is 11.5 Å². The molecule has 25 heavy (non-hydrogen) atoms. The Balaban J connectivity index is 1.90. The van der Waals surface area contributed by atoms with Crippen LogP contribution in [0, 0.1) is 0 Å². The molecule has 0 aliphatic carbocycles. The van der Waals surface area contributed by atoms with Crippen LogP contribution in [0.15, 0.2) is 57.7 Å². The number of fused-ring (bicyclic) bond motifs is 6. The number of rotatable bonds is 1. The average Bonchev–Trinajstić information content (AvgIpc) is 2.66. The highest BCUT2D eigenvalue weighted by Crippen LogP contribution is 2.38. The number of hydrogen-bond acceptors (Lipinski definition) is 5. The molecule has 3 heterocycles. The molecule has 4 aromatic rings. The maximum absolute atomic E-state index is 12.5. The van der Waals surface area contributed by atoms with Crippen molar-refractivity contribution < 1.29 is 13.9 Å². The van der Waals surface area contributed by atoms with Gasteiger partial charge in [-0.05, 0) is 36.4 Å². The van der Waals surface area contributed by atoms with Crippen LogP contribution in [-0.4, -0.2) is 12.1 Å². The van der Waals surface area contributed by atoms with Gasteiger partial charge >= 0.3 is 5.63 Å². The Kier molecular flexibility index (Phi) is 2.85. The third kappa shape index (κ3) is 2.02. The molecule has 0 bridgehead atoms. The summed E-state index contributed by atoms with van der Waals surface area (Å²) in [5.41, 5.74) is 2.98. The van der Waals surface area contributed by atoms with Gasteiger partial charge in [0.2, 0.25) is 0 Å². The third-order valence-electron chi connectivity index (χ3n) is 4.50. The molecule has 2 aromatic carbocycles. The predicted molar refractivity (Wildman–Crippen MR) is 94.1 cm³/mol. The predicted octanol–water partition coefficient (Wildman–Crippen LogP) is 3.91. The normalized spacial score (nSPS) is 12.5. The summed E-state index contributed by atoms with van der Waals surface area (Å²) in [6.45, 7) is 0.418. The van der Waals surface area contributed by atoms with E-state index in [9.17, 15) is 4.79 Å². The molecule has 0 N–H and O–H groups in total. The summed E-state index contributed by atoms with van der Waals surface area (Å²) in [4.78, 5) is 17.1. The lowest BCUT2D eigenvalue weighted by molar-refractivity contribution is 0.302. The lowest BCUT2D eigenvalue weighted by atomic mass is 10.00. The van der Waals surface area contributed by atoms with E-state index in [-0.39, 0.29) is 0 Å². The smallest absolute Gasteiger partial charge is 0.363 e. The van der Waals surface area contributed by atoms with Crippen molar-refractivity contribution in [3.63, 3.8) is 0 Å². The zero-order valence-electron chi connectivity index (χ0n) is 13.4. The van der Waals surface area contributed by atoms with E-state index >= 15 is 0 Å². The Morgan fingerprint density at radius 2 is 1.96 bits per heavy atom. The lowest BCUT2D eigenvalue weighted by Crippen LogP contribution is -2.10. The van der Waals surface area contributed by atoms with Gasteiger partial charge in [-0.1, -0.05) is 12.1 Å². The summed E-state index contributed by atoms with van der Waals surface area (Å²) in [7, 11) is 1.60. The van der Waals surface area contributed by atoms with E-state index in [0.29, 0.717) is 23.5 Å². The van der Waals surface area contributed by atoms with Gasteiger partial charge in [0.25, 0.3) is 0 Å². The second-order valence-electron chi connectivity index (χ2n) is 5.93. The minimum Gasteiger partial charge on any atom is -0.497 e. The average molecular weight is 331 g/mol. The molecule has 5 heteroatoms. The van der Waals surface area contributed by atoms with Crippen molar-refractivity contribution in [3.05, 3.63) is 64.5 Å². The fourth-order valence-electron chi connectivity index (χ4n) is 3.29. The second kappa shape index (κ2) is 5.08. The zero-order chi connectivity index (χ0) is 17.0. The van der Waals surface area contributed by atoms with Crippen molar-refractivity contribution in [3.8, 4) is 22.8 Å². The van der Waals surface area contributed by atoms with E-state index in [1.165, 1.54) is 0 Å². The van der Waals surface area contributed by atoms with Crippen LogP contribution >= 0.6 is 0 Å². The van der Waals surface area contributed by atoms with Crippen molar-refractivity contribution in [2.24, 2.45) is 0 Å². The molecule has 0 radical (unpaired) electrons. The molecular weight excluding hydrogens is 318 g/mol. The Morgan fingerprint density at radius 1 is 1.08 bits per heavy atom. The molecule has 1 aliphatic rings. The van der Waals surface area contributed by atoms with Gasteiger partial charge in [0.05, 0.1) is 12.8 Å². The molecule has 1 aliphatic heterocycles. The molecule has 5 rings (SSSR count). The Bertz CT molecular complexity index is 1210. The minimum absolute atomic E-state index is 0.316. The van der Waals surface area contributed by atoms with Crippen LogP contribution in [0.3, 0.4) is 0 Å². The van der Waals surface area contributed by atoms with Crippen LogP contribution in [0.1, 0.15) is 5.56 Å². The van der Waals surface area contributed by atoms with E-state index < -0.39 is 5.63 Å². The van der Waals surface area contributed by atoms with Crippen molar-refractivity contribution in [2.75, 3.05) is 7.11 Å². The third-order valence-corrected chi connectivity index (χ3v) is 4.50. The van der Waals surface area contributed by atoms with Gasteiger partial charge in [-0.25, -0.2) is 9.78 Å². The van der Waals surface area contributed by atoms with Crippen LogP contribution in [0.4, 0.5) is 0 Å². The number of aromatic nitrogens is 1. The highest BCUT2D eigenvalue weighted by atomic mass is 16.5. The van der Waals surface area contributed by atoms with Crippen molar-refractivity contribution in [1.82, 2.24) is 4.98 Å². The van der Waals surface area contributed by atoms with Crippen LogP contribution in [0.25, 0.3) is 33.1 Å². The summed E-state index contributed by atoms with van der Waals surface area (Å²) < 4.78 is 16.6. The molecule has 0 fully saturated rings. The van der Waals surface area contributed by atoms with E-state index in [1.807, 2.05) is 36.4 Å². The second-order valence-corrected chi connectivity index (χ2v) is 5.93. The molecule has 0 atom stereocenters. The first-order valence-corrected chi connectivity index (χ1v) is 7.91. The van der Waals surface area contributed by atoms with Gasteiger partial charge in [0.1, 0.15) is 23.7 Å². The number of ether oxygens (including phenoxy) is 2. The van der Waals surface area contributed by atoms with Gasteiger partial charge in [0, 0.05) is 21.9 Å². The van der Waals surface area contributed by atoms with Crippen LogP contribution in [0.2, 0.25) is 0 Å². The van der Waals surface area contributed by atoms with E-state index in [2.05, 4.69) is 4.98 Å². The monoisotopic (exact) mass is 331 g/mol.